The van der Waals surface area contributed by atoms with E-state index in [2.05, 4.69) is 19.8 Å². The van der Waals surface area contributed by atoms with Crippen LogP contribution in [0.3, 0.4) is 0 Å². The average Bonchev–Trinajstić information content (AvgIpc) is 2.98. The lowest BCUT2D eigenvalue weighted by molar-refractivity contribution is -0.00316. The molecule has 1 saturated heterocycles. The highest BCUT2D eigenvalue weighted by atomic mass is 19.1. The quantitative estimate of drug-likeness (QED) is 0.383. The summed E-state index contributed by atoms with van der Waals surface area (Å²) in [4.78, 5) is 26.5. The number of fused-ring (bicyclic) bond motifs is 1. The van der Waals surface area contributed by atoms with Crippen LogP contribution in [0.4, 0.5) is 4.39 Å². The Morgan fingerprint density at radius 3 is 2.69 bits per heavy atom. The molecular formula is C26H29FN6O3. The van der Waals surface area contributed by atoms with Crippen LogP contribution in [0.25, 0.3) is 33.1 Å². The molecule has 0 N–H and O–H groups in total. The number of halogens is 1. The number of imidazole rings is 1. The molecule has 188 valence electrons. The number of aromatic nitrogens is 4. The molecule has 10 heteroatoms. The molecule has 3 aromatic heterocycles. The molecular weight excluding hydrogens is 463 g/mol. The van der Waals surface area contributed by atoms with Crippen LogP contribution < -0.4 is 15.2 Å². The molecule has 0 atom stereocenters. The molecule has 5 heterocycles. The predicted octanol–water partition coefficient (Wildman–Crippen LogP) is 2.45. The first kappa shape index (κ1) is 22.9. The summed E-state index contributed by atoms with van der Waals surface area (Å²) in [5.74, 6) is 0.440. The Labute approximate surface area is 207 Å². The van der Waals surface area contributed by atoms with Gasteiger partial charge in [-0.2, -0.15) is 0 Å². The van der Waals surface area contributed by atoms with Crippen LogP contribution >= 0.6 is 0 Å². The fourth-order valence-corrected chi connectivity index (χ4v) is 5.57. The van der Waals surface area contributed by atoms with Crippen molar-refractivity contribution in [2.45, 2.75) is 12.0 Å². The molecule has 1 spiro atoms. The third kappa shape index (κ3) is 3.39. The third-order valence-corrected chi connectivity index (χ3v) is 7.19. The Morgan fingerprint density at radius 1 is 1.19 bits per heavy atom. The summed E-state index contributed by atoms with van der Waals surface area (Å²) in [7, 11) is 7.80. The van der Waals surface area contributed by atoms with E-state index < -0.39 is 11.4 Å². The van der Waals surface area contributed by atoms with Crippen LogP contribution in [-0.2, 0) is 12.6 Å². The van der Waals surface area contributed by atoms with Crippen LogP contribution in [0.15, 0.2) is 35.4 Å². The molecule has 2 aliphatic rings. The zero-order valence-corrected chi connectivity index (χ0v) is 20.9. The summed E-state index contributed by atoms with van der Waals surface area (Å²) in [5.41, 5.74) is 2.15. The number of pyridine rings is 2. The molecule has 2 aliphatic heterocycles. The highest BCUT2D eigenvalue weighted by Gasteiger charge is 2.48. The summed E-state index contributed by atoms with van der Waals surface area (Å²) in [6.07, 6.45) is 4.13. The van der Waals surface area contributed by atoms with E-state index in [1.165, 1.54) is 6.07 Å². The van der Waals surface area contributed by atoms with E-state index in [1.54, 1.807) is 36.1 Å². The smallest absolute Gasteiger partial charge is 0.329 e. The molecule has 0 bridgehead atoms. The minimum atomic E-state index is -0.519. The van der Waals surface area contributed by atoms with Gasteiger partial charge in [-0.05, 0) is 33.6 Å². The fourth-order valence-electron chi connectivity index (χ4n) is 5.57. The molecule has 1 aromatic carbocycles. The summed E-state index contributed by atoms with van der Waals surface area (Å²) in [6, 6.07) is 4.95. The molecule has 0 unspecified atom stereocenters. The zero-order valence-electron chi connectivity index (χ0n) is 20.9. The van der Waals surface area contributed by atoms with Gasteiger partial charge in [0.1, 0.15) is 23.7 Å². The van der Waals surface area contributed by atoms with E-state index in [0.717, 1.165) is 18.5 Å². The normalized spacial score (nSPS) is 16.6. The van der Waals surface area contributed by atoms with Crippen LogP contribution in [0.1, 0.15) is 6.42 Å². The summed E-state index contributed by atoms with van der Waals surface area (Å²) < 4.78 is 31.2. The second kappa shape index (κ2) is 8.28. The largest absolute Gasteiger partial charge is 0.489 e. The Bertz CT molecular complexity index is 1540. The molecule has 6 rings (SSSR count). The topological polar surface area (TPSA) is 77.7 Å². The second-order valence-corrected chi connectivity index (χ2v) is 10.2. The van der Waals surface area contributed by atoms with Crippen molar-refractivity contribution >= 4 is 21.9 Å². The van der Waals surface area contributed by atoms with Crippen molar-refractivity contribution < 1.29 is 13.9 Å². The molecule has 0 radical (unpaired) electrons. The van der Waals surface area contributed by atoms with Gasteiger partial charge in [-0.1, -0.05) is 0 Å². The Balaban J connectivity index is 1.48. The van der Waals surface area contributed by atoms with Gasteiger partial charge in [0.25, 0.3) is 0 Å². The number of likely N-dealkylation sites (tertiary alicyclic amines) is 1. The monoisotopic (exact) mass is 492 g/mol. The minimum absolute atomic E-state index is 0.118. The van der Waals surface area contributed by atoms with Gasteiger partial charge in [0.2, 0.25) is 5.88 Å². The van der Waals surface area contributed by atoms with Gasteiger partial charge in [-0.15, -0.1) is 0 Å². The number of aryl methyl sites for hydroxylation is 1. The number of ether oxygens (including phenoxy) is 2. The number of benzene rings is 1. The molecule has 0 saturated carbocycles. The average molecular weight is 493 g/mol. The SMILES string of the molecule is CN(C)CCCOc1ccc(-c2c(F)cc3ncc4c5c3c2OCC2(CN(C)C2)n5c(=O)n4C)cn1. The Kier molecular flexibility index (Phi) is 5.27. The predicted molar refractivity (Wildman–Crippen MR) is 135 cm³/mol. The summed E-state index contributed by atoms with van der Waals surface area (Å²) >= 11 is 0. The van der Waals surface area contributed by atoms with E-state index in [-0.39, 0.29) is 12.3 Å². The first-order valence-electron chi connectivity index (χ1n) is 12.1. The Morgan fingerprint density at radius 2 is 2.00 bits per heavy atom. The molecule has 0 amide bonds. The molecule has 0 aliphatic carbocycles. The number of nitrogens with zero attached hydrogens (tertiary/aromatic N) is 6. The van der Waals surface area contributed by atoms with Gasteiger partial charge in [-0.3, -0.25) is 14.1 Å². The van der Waals surface area contributed by atoms with Crippen molar-refractivity contribution in [3.63, 3.8) is 0 Å². The van der Waals surface area contributed by atoms with E-state index in [4.69, 9.17) is 9.47 Å². The van der Waals surface area contributed by atoms with Crippen molar-refractivity contribution in [3.8, 4) is 22.8 Å². The van der Waals surface area contributed by atoms with Crippen LogP contribution in [0, 0.1) is 5.82 Å². The number of hydrogen-bond acceptors (Lipinski definition) is 7. The van der Waals surface area contributed by atoms with E-state index in [1.807, 2.05) is 25.7 Å². The highest BCUT2D eigenvalue weighted by molar-refractivity contribution is 6.09. The lowest BCUT2D eigenvalue weighted by atomic mass is 9.91. The first-order chi connectivity index (χ1) is 17.3. The molecule has 4 aromatic rings. The molecule has 36 heavy (non-hydrogen) atoms. The van der Waals surface area contributed by atoms with E-state index in [0.29, 0.717) is 58.9 Å². The number of rotatable bonds is 6. The molecule has 1 fully saturated rings. The van der Waals surface area contributed by atoms with Gasteiger partial charge in [0, 0.05) is 50.6 Å². The lowest BCUT2D eigenvalue weighted by Crippen LogP contribution is -2.65. The van der Waals surface area contributed by atoms with Gasteiger partial charge in [0.15, 0.2) is 0 Å². The van der Waals surface area contributed by atoms with E-state index >= 15 is 4.39 Å². The summed E-state index contributed by atoms with van der Waals surface area (Å²) in [6.45, 7) is 3.07. The van der Waals surface area contributed by atoms with Crippen LogP contribution in [-0.4, -0.2) is 82.9 Å². The Hall–Kier alpha value is -3.50. The second-order valence-electron chi connectivity index (χ2n) is 10.2. The van der Waals surface area contributed by atoms with Crippen LogP contribution in [0.2, 0.25) is 0 Å². The molecule has 9 nitrogen and oxygen atoms in total. The van der Waals surface area contributed by atoms with Crippen molar-refractivity contribution in [1.29, 1.82) is 0 Å². The maximum Gasteiger partial charge on any atom is 0.329 e. The number of likely N-dealkylation sites (N-methyl/N-ethyl adjacent to an activating group) is 1. The van der Waals surface area contributed by atoms with Crippen molar-refractivity contribution in [1.82, 2.24) is 28.9 Å². The van der Waals surface area contributed by atoms with Crippen molar-refractivity contribution in [2.75, 3.05) is 54.0 Å². The fraction of sp³-hybridized carbons (Fsp3) is 0.423. The third-order valence-electron chi connectivity index (χ3n) is 7.19. The number of hydrogen-bond donors (Lipinski definition) is 0. The lowest BCUT2D eigenvalue weighted by Gasteiger charge is -2.48. The minimum Gasteiger partial charge on any atom is -0.489 e. The standard InChI is InChI=1S/C26H29FN6O3/c1-30(2)8-5-9-35-20-7-6-16(11-29-20)21-17(27)10-18-22-23-19(12-28-18)32(4)25(34)33(23)26(13-31(3)14-26)15-36-24(21)22/h6-7,10-12H,5,8-9,13-15H2,1-4H3. The maximum atomic E-state index is 15.6. The first-order valence-corrected chi connectivity index (χ1v) is 12.1. The van der Waals surface area contributed by atoms with Gasteiger partial charge < -0.3 is 19.3 Å². The van der Waals surface area contributed by atoms with Gasteiger partial charge in [-0.25, -0.2) is 14.2 Å². The van der Waals surface area contributed by atoms with Gasteiger partial charge >= 0.3 is 5.69 Å². The van der Waals surface area contributed by atoms with Crippen molar-refractivity contribution in [3.05, 3.63) is 46.9 Å². The zero-order chi connectivity index (χ0) is 25.2. The van der Waals surface area contributed by atoms with Crippen LogP contribution in [0.5, 0.6) is 11.6 Å². The summed E-state index contributed by atoms with van der Waals surface area (Å²) in [5, 5.41) is 0.650. The maximum absolute atomic E-state index is 15.6. The van der Waals surface area contributed by atoms with E-state index in [9.17, 15) is 4.79 Å². The van der Waals surface area contributed by atoms with Crippen molar-refractivity contribution in [2.24, 2.45) is 7.05 Å². The van der Waals surface area contributed by atoms with Gasteiger partial charge in [0.05, 0.1) is 40.3 Å². The highest BCUT2D eigenvalue weighted by Crippen LogP contribution is 2.45.